The Morgan fingerprint density at radius 3 is 2.82 bits per heavy atom. The number of aliphatic hydroxyl groups is 1. The van der Waals surface area contributed by atoms with Crippen LogP contribution in [0.2, 0.25) is 0 Å². The molecule has 3 amide bonds. The molecule has 1 heterocycles. The zero-order valence-corrected chi connectivity index (χ0v) is 9.18. The van der Waals surface area contributed by atoms with E-state index < -0.39 is 24.6 Å². The van der Waals surface area contributed by atoms with Crippen LogP contribution in [-0.2, 0) is 9.59 Å². The Bertz CT molecular complexity index is 320. The summed E-state index contributed by atoms with van der Waals surface area (Å²) < 4.78 is 0. The van der Waals surface area contributed by atoms with E-state index in [1.165, 1.54) is 4.90 Å². The fraction of sp³-hybridized carbons (Fsp3) is 0.667. The van der Waals surface area contributed by atoms with E-state index >= 15 is 0 Å². The lowest BCUT2D eigenvalue weighted by molar-refractivity contribution is -0.140. The van der Waals surface area contributed by atoms with Crippen LogP contribution in [0.4, 0.5) is 4.79 Å². The monoisotopic (exact) mass is 245 g/mol. The maximum absolute atomic E-state index is 11.6. The average molecular weight is 245 g/mol. The first-order valence-electron chi connectivity index (χ1n) is 5.20. The van der Waals surface area contributed by atoms with Gasteiger partial charge in [-0.05, 0) is 6.42 Å². The molecule has 4 N–H and O–H groups in total. The van der Waals surface area contributed by atoms with Gasteiger partial charge in [0.2, 0.25) is 5.91 Å². The predicted molar refractivity (Wildman–Crippen MR) is 56.2 cm³/mol. The van der Waals surface area contributed by atoms with Gasteiger partial charge >= 0.3 is 12.0 Å². The molecule has 0 spiro atoms. The quantitative estimate of drug-likeness (QED) is 0.457. The Kier molecular flexibility index (Phi) is 4.70. The summed E-state index contributed by atoms with van der Waals surface area (Å²) in [6.07, 6.45) is 0.607. The minimum Gasteiger partial charge on any atom is -0.480 e. The summed E-state index contributed by atoms with van der Waals surface area (Å²) in [5.41, 5.74) is 0. The maximum atomic E-state index is 11.6. The first kappa shape index (κ1) is 13.2. The molecule has 17 heavy (non-hydrogen) atoms. The SMILES string of the molecule is O=C1CN(C(=O)N[C@H](CO)C(=O)O)CCCN1. The molecule has 0 aliphatic carbocycles. The minimum atomic E-state index is -1.35. The van der Waals surface area contributed by atoms with E-state index in [1.807, 2.05) is 0 Å². The number of rotatable bonds is 3. The largest absolute Gasteiger partial charge is 0.480 e. The molecule has 1 aliphatic rings. The molecule has 0 aromatic rings. The number of nitrogens with one attached hydrogen (secondary N) is 2. The molecule has 0 unspecified atom stereocenters. The summed E-state index contributed by atoms with van der Waals surface area (Å²) in [5.74, 6) is -1.60. The van der Waals surface area contributed by atoms with E-state index in [4.69, 9.17) is 10.2 Å². The van der Waals surface area contributed by atoms with Gasteiger partial charge in [0.25, 0.3) is 0 Å². The van der Waals surface area contributed by atoms with Crippen LogP contribution in [-0.4, -0.2) is 65.3 Å². The molecule has 0 bridgehead atoms. The topological polar surface area (TPSA) is 119 Å². The van der Waals surface area contributed by atoms with Gasteiger partial charge in [0, 0.05) is 13.1 Å². The summed E-state index contributed by atoms with van der Waals surface area (Å²) >= 11 is 0. The first-order valence-corrected chi connectivity index (χ1v) is 5.20. The van der Waals surface area contributed by atoms with Crippen molar-refractivity contribution in [2.75, 3.05) is 26.2 Å². The number of amides is 3. The predicted octanol–water partition coefficient (Wildman–Crippen LogP) is -2.04. The maximum Gasteiger partial charge on any atom is 0.328 e. The fourth-order valence-electron chi connectivity index (χ4n) is 1.41. The average Bonchev–Trinajstić information content (AvgIpc) is 2.50. The second-order valence-electron chi connectivity index (χ2n) is 3.65. The van der Waals surface area contributed by atoms with Crippen LogP contribution in [0.3, 0.4) is 0 Å². The molecule has 1 atom stereocenters. The third-order valence-electron chi connectivity index (χ3n) is 2.33. The van der Waals surface area contributed by atoms with E-state index in [9.17, 15) is 14.4 Å². The highest BCUT2D eigenvalue weighted by molar-refractivity contribution is 5.87. The first-order chi connectivity index (χ1) is 8.04. The number of aliphatic hydroxyl groups excluding tert-OH is 1. The van der Waals surface area contributed by atoms with Crippen molar-refractivity contribution in [2.24, 2.45) is 0 Å². The molecular formula is C9H15N3O5. The van der Waals surface area contributed by atoms with E-state index in [1.54, 1.807) is 0 Å². The molecule has 96 valence electrons. The number of nitrogens with zero attached hydrogens (tertiary/aromatic N) is 1. The van der Waals surface area contributed by atoms with E-state index in [0.717, 1.165) is 0 Å². The van der Waals surface area contributed by atoms with Crippen molar-refractivity contribution >= 4 is 17.9 Å². The standard InChI is InChI=1S/C9H15N3O5/c13-5-6(8(15)16)11-9(17)12-3-1-2-10-7(14)4-12/h6,13H,1-5H2,(H,10,14)(H,11,17)(H,15,16)/t6-/m1/s1. The lowest BCUT2D eigenvalue weighted by Crippen LogP contribution is -2.50. The van der Waals surface area contributed by atoms with Crippen molar-refractivity contribution in [1.82, 2.24) is 15.5 Å². The molecule has 8 heteroatoms. The number of aliphatic carboxylic acids is 1. The van der Waals surface area contributed by atoms with Crippen LogP contribution in [0.15, 0.2) is 0 Å². The van der Waals surface area contributed by atoms with Crippen LogP contribution in [0.1, 0.15) is 6.42 Å². The van der Waals surface area contributed by atoms with Crippen molar-refractivity contribution in [3.8, 4) is 0 Å². The van der Waals surface area contributed by atoms with Crippen LogP contribution in [0.25, 0.3) is 0 Å². The number of urea groups is 1. The molecule has 0 radical (unpaired) electrons. The van der Waals surface area contributed by atoms with Gasteiger partial charge in [0.1, 0.15) is 6.54 Å². The van der Waals surface area contributed by atoms with Crippen molar-refractivity contribution in [1.29, 1.82) is 0 Å². The molecule has 1 rings (SSSR count). The van der Waals surface area contributed by atoms with Crippen molar-refractivity contribution in [3.05, 3.63) is 0 Å². The Morgan fingerprint density at radius 1 is 1.53 bits per heavy atom. The molecule has 8 nitrogen and oxygen atoms in total. The normalized spacial score (nSPS) is 17.9. The van der Waals surface area contributed by atoms with Gasteiger partial charge in [-0.15, -0.1) is 0 Å². The van der Waals surface area contributed by atoms with Crippen molar-refractivity contribution in [3.63, 3.8) is 0 Å². The molecule has 1 fully saturated rings. The van der Waals surface area contributed by atoms with Gasteiger partial charge < -0.3 is 25.7 Å². The smallest absolute Gasteiger partial charge is 0.328 e. The van der Waals surface area contributed by atoms with Crippen LogP contribution in [0.5, 0.6) is 0 Å². The highest BCUT2D eigenvalue weighted by atomic mass is 16.4. The second-order valence-corrected chi connectivity index (χ2v) is 3.65. The fourth-order valence-corrected chi connectivity index (χ4v) is 1.41. The lowest BCUT2D eigenvalue weighted by atomic mass is 10.3. The highest BCUT2D eigenvalue weighted by Gasteiger charge is 2.24. The molecule has 1 aliphatic heterocycles. The Labute approximate surface area is 97.6 Å². The van der Waals surface area contributed by atoms with Gasteiger partial charge in [-0.3, -0.25) is 4.79 Å². The summed E-state index contributed by atoms with van der Waals surface area (Å²) in [6, 6.07) is -2.02. The van der Waals surface area contributed by atoms with Crippen LogP contribution < -0.4 is 10.6 Å². The zero-order chi connectivity index (χ0) is 12.8. The number of carboxylic acids is 1. The Hall–Kier alpha value is -1.83. The summed E-state index contributed by atoms with van der Waals surface area (Å²) in [5, 5.41) is 22.1. The molecule has 0 saturated carbocycles. The number of carboxylic acid groups (broad SMARTS) is 1. The lowest BCUT2D eigenvalue weighted by Gasteiger charge is -2.21. The summed E-state index contributed by atoms with van der Waals surface area (Å²) in [6.45, 7) is 0.0536. The van der Waals surface area contributed by atoms with Gasteiger partial charge in [-0.2, -0.15) is 0 Å². The van der Waals surface area contributed by atoms with E-state index in [-0.39, 0.29) is 12.5 Å². The number of carbonyl (C=O) groups excluding carboxylic acids is 2. The van der Waals surface area contributed by atoms with Gasteiger partial charge in [0.15, 0.2) is 6.04 Å². The van der Waals surface area contributed by atoms with E-state index in [2.05, 4.69) is 10.6 Å². The second kappa shape index (κ2) is 6.04. The molecule has 0 aromatic heterocycles. The molecule has 1 saturated heterocycles. The summed E-state index contributed by atoms with van der Waals surface area (Å²) in [7, 11) is 0. The number of hydrogen-bond donors (Lipinski definition) is 4. The molecule has 0 aromatic carbocycles. The number of carbonyl (C=O) groups is 3. The Balaban J connectivity index is 2.56. The van der Waals surface area contributed by atoms with Crippen LogP contribution in [0, 0.1) is 0 Å². The highest BCUT2D eigenvalue weighted by Crippen LogP contribution is 1.98. The minimum absolute atomic E-state index is 0.108. The van der Waals surface area contributed by atoms with Gasteiger partial charge in [-0.1, -0.05) is 0 Å². The van der Waals surface area contributed by atoms with Crippen molar-refractivity contribution in [2.45, 2.75) is 12.5 Å². The third kappa shape index (κ3) is 3.91. The van der Waals surface area contributed by atoms with Crippen LogP contribution >= 0.6 is 0 Å². The molecular weight excluding hydrogens is 230 g/mol. The third-order valence-corrected chi connectivity index (χ3v) is 2.33. The number of hydrogen-bond acceptors (Lipinski definition) is 4. The van der Waals surface area contributed by atoms with Crippen molar-refractivity contribution < 1.29 is 24.6 Å². The van der Waals surface area contributed by atoms with Gasteiger partial charge in [0.05, 0.1) is 6.61 Å². The zero-order valence-electron chi connectivity index (χ0n) is 9.18. The van der Waals surface area contributed by atoms with Gasteiger partial charge in [-0.25, -0.2) is 9.59 Å². The summed E-state index contributed by atoms with van der Waals surface area (Å²) in [4.78, 5) is 34.6. The van der Waals surface area contributed by atoms with E-state index in [0.29, 0.717) is 19.5 Å². The Morgan fingerprint density at radius 2 is 2.24 bits per heavy atom.